The fourth-order valence-electron chi connectivity index (χ4n) is 0.851. The van der Waals surface area contributed by atoms with Crippen molar-refractivity contribution in [1.82, 2.24) is 0 Å². The van der Waals surface area contributed by atoms with E-state index in [9.17, 15) is 18.0 Å². The number of aliphatic carboxylic acids is 1. The highest BCUT2D eigenvalue weighted by molar-refractivity contribution is 5.92. The number of halogens is 3. The third kappa shape index (κ3) is 1.93. The smallest absolute Gasteiger partial charge is 0.367 e. The van der Waals surface area contributed by atoms with Crippen LogP contribution in [0.3, 0.4) is 0 Å². The monoisotopic (exact) mass is 202 g/mol. The zero-order valence-corrected chi connectivity index (χ0v) is 6.80. The molecule has 0 aliphatic carbocycles. The molecule has 0 aliphatic rings. The summed E-state index contributed by atoms with van der Waals surface area (Å²) in [6.07, 6.45) is 0. The molecule has 1 aromatic rings. The Morgan fingerprint density at radius 2 is 1.79 bits per heavy atom. The minimum Gasteiger partial charge on any atom is -0.476 e. The molecule has 0 radical (unpaired) electrons. The first-order valence-corrected chi connectivity index (χ1v) is 3.57. The lowest BCUT2D eigenvalue weighted by molar-refractivity contribution is -0.134. The summed E-state index contributed by atoms with van der Waals surface area (Å²) in [6.45, 7) is 0. The van der Waals surface area contributed by atoms with Gasteiger partial charge < -0.3 is 5.11 Å². The maximum absolute atomic E-state index is 12.9. The normalized spacial score (nSPS) is 12.2. The maximum Gasteiger partial charge on any atom is 0.367 e. The molecule has 74 valence electrons. The Labute approximate surface area is 77.3 Å². The van der Waals surface area contributed by atoms with Crippen LogP contribution in [-0.4, -0.2) is 11.1 Å². The second kappa shape index (κ2) is 3.95. The molecule has 1 rings (SSSR count). The standard InChI is InChI=1S/C9H5F3O2/c10-6-4-2-1-3-5(6)7(11)8(12)9(13)14/h1-4H,(H,13,14). The molecule has 2 nitrogen and oxygen atoms in total. The first-order chi connectivity index (χ1) is 6.54. The van der Waals surface area contributed by atoms with Crippen molar-refractivity contribution in [3.05, 3.63) is 41.5 Å². The fourth-order valence-corrected chi connectivity index (χ4v) is 0.851. The van der Waals surface area contributed by atoms with Crippen molar-refractivity contribution in [2.45, 2.75) is 0 Å². The maximum atomic E-state index is 12.9. The average molecular weight is 202 g/mol. The second-order valence-electron chi connectivity index (χ2n) is 2.41. The zero-order valence-electron chi connectivity index (χ0n) is 6.80. The van der Waals surface area contributed by atoms with Gasteiger partial charge in [0.15, 0.2) is 5.83 Å². The Morgan fingerprint density at radius 1 is 1.21 bits per heavy atom. The van der Waals surface area contributed by atoms with Gasteiger partial charge in [-0.25, -0.2) is 13.6 Å². The molecule has 5 heteroatoms. The number of carboxylic acids is 1. The van der Waals surface area contributed by atoms with Gasteiger partial charge in [0.1, 0.15) is 5.82 Å². The lowest BCUT2D eigenvalue weighted by Gasteiger charge is -1.99. The van der Waals surface area contributed by atoms with E-state index in [1.165, 1.54) is 12.1 Å². The van der Waals surface area contributed by atoms with E-state index in [2.05, 4.69) is 0 Å². The van der Waals surface area contributed by atoms with Gasteiger partial charge in [0.05, 0.1) is 0 Å². The van der Waals surface area contributed by atoms with Gasteiger partial charge in [-0.15, -0.1) is 0 Å². The topological polar surface area (TPSA) is 37.3 Å². The van der Waals surface area contributed by atoms with E-state index in [1.54, 1.807) is 0 Å². The molecule has 0 bridgehead atoms. The predicted octanol–water partition coefficient (Wildman–Crippen LogP) is 2.52. The zero-order chi connectivity index (χ0) is 10.7. The number of carbonyl (C=O) groups is 1. The summed E-state index contributed by atoms with van der Waals surface area (Å²) in [5.74, 6) is -6.79. The van der Waals surface area contributed by atoms with Crippen molar-refractivity contribution in [3.8, 4) is 0 Å². The Bertz CT molecular complexity index is 399. The first kappa shape index (κ1) is 10.3. The molecule has 14 heavy (non-hydrogen) atoms. The molecule has 0 spiro atoms. The van der Waals surface area contributed by atoms with Gasteiger partial charge in [-0.05, 0) is 12.1 Å². The summed E-state index contributed by atoms with van der Waals surface area (Å²) in [7, 11) is 0. The van der Waals surface area contributed by atoms with E-state index >= 15 is 0 Å². The van der Waals surface area contributed by atoms with Crippen LogP contribution < -0.4 is 0 Å². The van der Waals surface area contributed by atoms with Gasteiger partial charge in [0.25, 0.3) is 0 Å². The minimum absolute atomic E-state index is 0.701. The molecule has 0 fully saturated rings. The van der Waals surface area contributed by atoms with Gasteiger partial charge in [-0.1, -0.05) is 12.1 Å². The van der Waals surface area contributed by atoms with Crippen LogP contribution >= 0.6 is 0 Å². The Balaban J connectivity index is 3.25. The number of rotatable bonds is 2. The molecule has 0 aliphatic heterocycles. The van der Waals surface area contributed by atoms with E-state index in [0.29, 0.717) is 0 Å². The summed E-state index contributed by atoms with van der Waals surface area (Å²) >= 11 is 0. The average Bonchev–Trinajstić information content (AvgIpc) is 2.16. The van der Waals surface area contributed by atoms with Crippen LogP contribution in [-0.2, 0) is 4.79 Å². The van der Waals surface area contributed by atoms with Crippen LogP contribution in [0.1, 0.15) is 5.56 Å². The fraction of sp³-hybridized carbons (Fsp3) is 0. The van der Waals surface area contributed by atoms with Gasteiger partial charge in [0.2, 0.25) is 5.83 Å². The lowest BCUT2D eigenvalue weighted by atomic mass is 10.2. The third-order valence-electron chi connectivity index (χ3n) is 1.49. The van der Waals surface area contributed by atoms with E-state index in [1.807, 2.05) is 0 Å². The molecule has 1 aromatic carbocycles. The van der Waals surface area contributed by atoms with Crippen molar-refractivity contribution in [1.29, 1.82) is 0 Å². The van der Waals surface area contributed by atoms with Crippen molar-refractivity contribution < 1.29 is 23.1 Å². The van der Waals surface area contributed by atoms with Crippen molar-refractivity contribution >= 4 is 11.8 Å². The van der Waals surface area contributed by atoms with E-state index in [0.717, 1.165) is 12.1 Å². The summed E-state index contributed by atoms with van der Waals surface area (Å²) in [4.78, 5) is 10.0. The second-order valence-corrected chi connectivity index (χ2v) is 2.41. The summed E-state index contributed by atoms with van der Waals surface area (Å²) in [5, 5.41) is 8.11. The van der Waals surface area contributed by atoms with Crippen LogP contribution in [0.2, 0.25) is 0 Å². The Kier molecular flexibility index (Phi) is 2.91. The largest absolute Gasteiger partial charge is 0.476 e. The summed E-state index contributed by atoms with van der Waals surface area (Å²) in [5.41, 5.74) is -0.701. The molecule has 0 amide bonds. The van der Waals surface area contributed by atoms with Gasteiger partial charge in [-0.3, -0.25) is 0 Å². The van der Waals surface area contributed by atoms with Gasteiger partial charge in [0, 0.05) is 5.56 Å². The van der Waals surface area contributed by atoms with Crippen LogP contribution in [0.25, 0.3) is 5.83 Å². The van der Waals surface area contributed by atoms with Gasteiger partial charge >= 0.3 is 5.97 Å². The molecule has 0 aromatic heterocycles. The van der Waals surface area contributed by atoms with E-state index < -0.39 is 29.0 Å². The highest BCUT2D eigenvalue weighted by Crippen LogP contribution is 2.23. The molecule has 0 atom stereocenters. The molecular weight excluding hydrogens is 197 g/mol. The van der Waals surface area contributed by atoms with Crippen LogP contribution in [0.4, 0.5) is 13.2 Å². The number of carboxylic acid groups (broad SMARTS) is 1. The number of hydrogen-bond acceptors (Lipinski definition) is 1. The Hall–Kier alpha value is -1.78. The van der Waals surface area contributed by atoms with Crippen molar-refractivity contribution in [3.63, 3.8) is 0 Å². The van der Waals surface area contributed by atoms with Gasteiger partial charge in [-0.2, -0.15) is 4.39 Å². The Morgan fingerprint density at radius 3 is 2.29 bits per heavy atom. The molecule has 0 heterocycles. The van der Waals surface area contributed by atoms with Crippen molar-refractivity contribution in [2.24, 2.45) is 0 Å². The number of benzene rings is 1. The summed E-state index contributed by atoms with van der Waals surface area (Å²) < 4.78 is 38.3. The van der Waals surface area contributed by atoms with Crippen LogP contribution in [0, 0.1) is 5.82 Å². The number of hydrogen-bond donors (Lipinski definition) is 1. The van der Waals surface area contributed by atoms with Crippen LogP contribution in [0.5, 0.6) is 0 Å². The molecule has 0 saturated carbocycles. The van der Waals surface area contributed by atoms with E-state index in [4.69, 9.17) is 5.11 Å². The highest BCUT2D eigenvalue weighted by atomic mass is 19.2. The molecule has 1 N–H and O–H groups in total. The SMILES string of the molecule is O=C(O)C(F)=C(F)c1ccccc1F. The molecular formula is C9H5F3O2. The quantitative estimate of drug-likeness (QED) is 0.748. The van der Waals surface area contributed by atoms with Crippen LogP contribution in [0.15, 0.2) is 30.1 Å². The predicted molar refractivity (Wildman–Crippen MR) is 43.2 cm³/mol. The minimum atomic E-state index is -2.06. The van der Waals surface area contributed by atoms with Crippen molar-refractivity contribution in [2.75, 3.05) is 0 Å². The summed E-state index contributed by atoms with van der Waals surface area (Å²) in [6, 6.07) is 4.41. The lowest BCUT2D eigenvalue weighted by Crippen LogP contribution is -1.98. The first-order valence-electron chi connectivity index (χ1n) is 3.57. The molecule has 0 saturated heterocycles. The molecule has 0 unspecified atom stereocenters. The highest BCUT2D eigenvalue weighted by Gasteiger charge is 2.18. The third-order valence-corrected chi connectivity index (χ3v) is 1.49. The van der Waals surface area contributed by atoms with E-state index in [-0.39, 0.29) is 0 Å².